The Morgan fingerprint density at radius 2 is 2.25 bits per heavy atom. The van der Waals surface area contributed by atoms with Crippen LogP contribution < -0.4 is 5.32 Å². The molecule has 2 fully saturated rings. The zero-order valence-corrected chi connectivity index (χ0v) is 11.4. The Hall–Kier alpha value is -2.04. The van der Waals surface area contributed by atoms with E-state index >= 15 is 0 Å². The first kappa shape index (κ1) is 13.0. The summed E-state index contributed by atoms with van der Waals surface area (Å²) in [6, 6.07) is 4.74. The Balaban J connectivity index is 1.88. The number of piperidine rings is 1. The zero-order chi connectivity index (χ0) is 14.3. The summed E-state index contributed by atoms with van der Waals surface area (Å²) in [5, 5.41) is 12.3. The molecule has 2 amide bonds. The van der Waals surface area contributed by atoms with Crippen molar-refractivity contribution in [2.75, 3.05) is 13.1 Å². The van der Waals surface area contributed by atoms with Gasteiger partial charge in [-0.2, -0.15) is 0 Å². The van der Waals surface area contributed by atoms with Crippen LogP contribution in [0.5, 0.6) is 5.75 Å². The molecule has 20 heavy (non-hydrogen) atoms. The molecule has 2 heterocycles. The largest absolute Gasteiger partial charge is 0.508 e. The van der Waals surface area contributed by atoms with Crippen LogP contribution in [0.4, 0.5) is 0 Å². The minimum Gasteiger partial charge on any atom is -0.508 e. The van der Waals surface area contributed by atoms with Crippen molar-refractivity contribution in [3.05, 3.63) is 29.3 Å². The average Bonchev–Trinajstić information content (AvgIpc) is 2.80. The molecule has 2 N–H and O–H groups in total. The van der Waals surface area contributed by atoms with Crippen molar-refractivity contribution in [1.82, 2.24) is 10.2 Å². The van der Waals surface area contributed by atoms with Crippen molar-refractivity contribution in [3.63, 3.8) is 0 Å². The van der Waals surface area contributed by atoms with E-state index in [-0.39, 0.29) is 29.5 Å². The second-order valence-corrected chi connectivity index (χ2v) is 5.56. The lowest BCUT2D eigenvalue weighted by Crippen LogP contribution is -2.48. The molecular formula is C15H18N2O3. The van der Waals surface area contributed by atoms with Crippen LogP contribution in [0.2, 0.25) is 0 Å². The maximum absolute atomic E-state index is 12.7. The Labute approximate surface area is 117 Å². The lowest BCUT2D eigenvalue weighted by molar-refractivity contribution is -0.123. The molecule has 2 aliphatic heterocycles. The van der Waals surface area contributed by atoms with Gasteiger partial charge < -0.3 is 15.3 Å². The maximum Gasteiger partial charge on any atom is 0.254 e. The van der Waals surface area contributed by atoms with Crippen LogP contribution in [-0.2, 0) is 4.79 Å². The molecule has 0 radical (unpaired) electrons. The van der Waals surface area contributed by atoms with Crippen molar-refractivity contribution in [2.24, 2.45) is 5.92 Å². The summed E-state index contributed by atoms with van der Waals surface area (Å²) in [6.07, 6.45) is 1.71. The topological polar surface area (TPSA) is 69.6 Å². The third kappa shape index (κ3) is 2.03. The first-order chi connectivity index (χ1) is 9.58. The second-order valence-electron chi connectivity index (χ2n) is 5.56. The highest BCUT2D eigenvalue weighted by Gasteiger charge is 2.42. The molecule has 0 saturated carbocycles. The summed E-state index contributed by atoms with van der Waals surface area (Å²) in [4.78, 5) is 26.2. The van der Waals surface area contributed by atoms with E-state index in [1.54, 1.807) is 12.1 Å². The third-order valence-electron chi connectivity index (χ3n) is 4.30. The fourth-order valence-electron chi connectivity index (χ4n) is 3.25. The van der Waals surface area contributed by atoms with E-state index < -0.39 is 0 Å². The van der Waals surface area contributed by atoms with E-state index in [1.807, 2.05) is 11.8 Å². The van der Waals surface area contributed by atoms with Gasteiger partial charge in [0.1, 0.15) is 5.75 Å². The Morgan fingerprint density at radius 3 is 3.00 bits per heavy atom. The number of nitrogens with one attached hydrogen (secondary N) is 1. The van der Waals surface area contributed by atoms with Crippen molar-refractivity contribution in [1.29, 1.82) is 0 Å². The van der Waals surface area contributed by atoms with Gasteiger partial charge >= 0.3 is 0 Å². The number of aryl methyl sites for hydroxylation is 1. The number of fused-ring (bicyclic) bond motifs is 1. The van der Waals surface area contributed by atoms with E-state index in [0.717, 1.165) is 18.4 Å². The van der Waals surface area contributed by atoms with Crippen molar-refractivity contribution >= 4 is 11.8 Å². The van der Waals surface area contributed by atoms with Crippen LogP contribution in [0.1, 0.15) is 28.8 Å². The summed E-state index contributed by atoms with van der Waals surface area (Å²) in [5.41, 5.74) is 1.36. The molecule has 0 bridgehead atoms. The lowest BCUT2D eigenvalue weighted by atomic mass is 9.90. The molecule has 0 aliphatic carbocycles. The smallest absolute Gasteiger partial charge is 0.254 e. The number of carbonyl (C=O) groups excluding carboxylic acids is 2. The maximum atomic E-state index is 12.7. The number of phenolic OH excluding ortho intramolecular Hbond substituents is 1. The zero-order valence-electron chi connectivity index (χ0n) is 11.4. The molecule has 2 atom stereocenters. The molecule has 5 nitrogen and oxygen atoms in total. The minimum absolute atomic E-state index is 0.0306. The number of benzene rings is 1. The quantitative estimate of drug-likeness (QED) is 0.804. The van der Waals surface area contributed by atoms with Gasteiger partial charge in [-0.15, -0.1) is 0 Å². The molecule has 2 unspecified atom stereocenters. The molecule has 0 spiro atoms. The second kappa shape index (κ2) is 4.81. The third-order valence-corrected chi connectivity index (χ3v) is 4.30. The summed E-state index contributed by atoms with van der Waals surface area (Å²) in [7, 11) is 0. The average molecular weight is 274 g/mol. The number of rotatable bonds is 1. The normalized spacial score (nSPS) is 25.2. The fraction of sp³-hybridized carbons (Fsp3) is 0.467. The molecule has 0 aromatic heterocycles. The number of carbonyl (C=O) groups is 2. The highest BCUT2D eigenvalue weighted by atomic mass is 16.3. The molecule has 106 valence electrons. The van der Waals surface area contributed by atoms with Crippen LogP contribution in [0.25, 0.3) is 0 Å². The van der Waals surface area contributed by atoms with Crippen LogP contribution in [-0.4, -0.2) is 41.0 Å². The number of nitrogens with zero attached hydrogens (tertiary/aromatic N) is 1. The van der Waals surface area contributed by atoms with Gasteiger partial charge in [0.05, 0.1) is 12.0 Å². The summed E-state index contributed by atoms with van der Waals surface area (Å²) in [5.74, 6) is 0.113. The summed E-state index contributed by atoms with van der Waals surface area (Å²) in [6.45, 7) is 3.05. The molecule has 2 saturated heterocycles. The van der Waals surface area contributed by atoms with Gasteiger partial charge in [0.2, 0.25) is 5.91 Å². The van der Waals surface area contributed by atoms with E-state index in [4.69, 9.17) is 0 Å². The first-order valence-electron chi connectivity index (χ1n) is 6.96. The molecular weight excluding hydrogens is 256 g/mol. The SMILES string of the molecule is Cc1cc(O)ccc1C(=O)N1CCCC2C(=O)NCC21. The monoisotopic (exact) mass is 274 g/mol. The molecule has 5 heteroatoms. The van der Waals surface area contributed by atoms with Crippen LogP contribution in [0.3, 0.4) is 0 Å². The van der Waals surface area contributed by atoms with Gasteiger partial charge in [0.25, 0.3) is 5.91 Å². The van der Waals surface area contributed by atoms with Gasteiger partial charge in [-0.3, -0.25) is 9.59 Å². The van der Waals surface area contributed by atoms with Gasteiger partial charge in [0, 0.05) is 18.7 Å². The van der Waals surface area contributed by atoms with Gasteiger partial charge in [-0.05, 0) is 43.5 Å². The lowest BCUT2D eigenvalue weighted by Gasteiger charge is -2.36. The Morgan fingerprint density at radius 1 is 1.45 bits per heavy atom. The minimum atomic E-state index is -0.0647. The number of hydrogen-bond acceptors (Lipinski definition) is 3. The summed E-state index contributed by atoms with van der Waals surface area (Å²) < 4.78 is 0. The number of aromatic hydroxyl groups is 1. The van der Waals surface area contributed by atoms with Crippen LogP contribution in [0.15, 0.2) is 18.2 Å². The molecule has 1 aromatic carbocycles. The highest BCUT2D eigenvalue weighted by molar-refractivity contribution is 5.97. The molecule has 3 rings (SSSR count). The van der Waals surface area contributed by atoms with E-state index in [2.05, 4.69) is 5.32 Å². The van der Waals surface area contributed by atoms with E-state index in [9.17, 15) is 14.7 Å². The fourth-order valence-corrected chi connectivity index (χ4v) is 3.25. The number of amides is 2. The van der Waals surface area contributed by atoms with Crippen LogP contribution in [0, 0.1) is 12.8 Å². The van der Waals surface area contributed by atoms with Gasteiger partial charge in [-0.1, -0.05) is 0 Å². The van der Waals surface area contributed by atoms with E-state index in [0.29, 0.717) is 18.7 Å². The predicted octanol–water partition coefficient (Wildman–Crippen LogP) is 1.05. The Kier molecular flexibility index (Phi) is 3.12. The first-order valence-corrected chi connectivity index (χ1v) is 6.96. The molecule has 1 aromatic rings. The van der Waals surface area contributed by atoms with Gasteiger partial charge in [-0.25, -0.2) is 0 Å². The predicted molar refractivity (Wildman–Crippen MR) is 73.4 cm³/mol. The van der Waals surface area contributed by atoms with Crippen LogP contribution >= 0.6 is 0 Å². The standard InChI is InChI=1S/C15H18N2O3/c1-9-7-10(18)4-5-11(9)15(20)17-6-2-3-12-13(17)8-16-14(12)19/h4-5,7,12-13,18H,2-3,6,8H2,1H3,(H,16,19). The van der Waals surface area contributed by atoms with E-state index in [1.165, 1.54) is 6.07 Å². The molecule has 2 aliphatic rings. The number of hydrogen-bond donors (Lipinski definition) is 2. The Bertz CT molecular complexity index is 570. The van der Waals surface area contributed by atoms with Gasteiger partial charge in [0.15, 0.2) is 0 Å². The summed E-state index contributed by atoms with van der Waals surface area (Å²) >= 11 is 0. The van der Waals surface area contributed by atoms with Crippen molar-refractivity contribution in [2.45, 2.75) is 25.8 Å². The number of likely N-dealkylation sites (tertiary alicyclic amines) is 1. The highest BCUT2D eigenvalue weighted by Crippen LogP contribution is 2.29. The van der Waals surface area contributed by atoms with Crippen molar-refractivity contribution in [3.8, 4) is 5.75 Å². The number of phenols is 1. The van der Waals surface area contributed by atoms with Crippen molar-refractivity contribution < 1.29 is 14.7 Å².